The fourth-order valence-electron chi connectivity index (χ4n) is 1.46. The molecule has 0 amide bonds. The van der Waals surface area contributed by atoms with Crippen LogP contribution in [0.1, 0.15) is 17.9 Å². The highest BCUT2D eigenvalue weighted by Crippen LogP contribution is 2.22. The molecule has 1 atom stereocenters. The van der Waals surface area contributed by atoms with Gasteiger partial charge in [0.2, 0.25) is 0 Å². The topological polar surface area (TPSA) is 71.4 Å². The number of benzene rings is 1. The normalized spacial score (nSPS) is 13.3. The third kappa shape index (κ3) is 4.87. The van der Waals surface area contributed by atoms with Crippen LogP contribution in [0.15, 0.2) is 28.7 Å². The summed E-state index contributed by atoms with van der Waals surface area (Å²) in [6.45, 7) is 0. The Morgan fingerprint density at radius 1 is 1.35 bits per heavy atom. The highest BCUT2D eigenvalue weighted by atomic mass is 79.9. The first-order valence-corrected chi connectivity index (χ1v) is 7.81. The molecule has 17 heavy (non-hydrogen) atoms. The van der Waals surface area contributed by atoms with Crippen molar-refractivity contribution in [1.29, 1.82) is 0 Å². The van der Waals surface area contributed by atoms with E-state index in [0.29, 0.717) is 5.56 Å². The fraction of sp³-hybridized carbons (Fsp3) is 0.364. The van der Waals surface area contributed by atoms with Crippen molar-refractivity contribution < 1.29 is 18.3 Å². The molecule has 1 aromatic rings. The highest BCUT2D eigenvalue weighted by Gasteiger charge is 2.21. The summed E-state index contributed by atoms with van der Waals surface area (Å²) < 4.78 is 22.9. The van der Waals surface area contributed by atoms with Gasteiger partial charge in [0.25, 0.3) is 0 Å². The second-order valence-electron chi connectivity index (χ2n) is 3.86. The van der Waals surface area contributed by atoms with E-state index in [1.165, 1.54) is 0 Å². The van der Waals surface area contributed by atoms with Crippen molar-refractivity contribution in [3.8, 4) is 0 Å². The molecule has 1 unspecified atom stereocenters. The number of hydrogen-bond donors (Lipinski definition) is 1. The first-order valence-electron chi connectivity index (χ1n) is 4.95. The molecule has 0 aromatic heterocycles. The van der Waals surface area contributed by atoms with Gasteiger partial charge in [0.15, 0.2) is 0 Å². The van der Waals surface area contributed by atoms with Crippen molar-refractivity contribution in [2.75, 3.05) is 12.0 Å². The predicted molar refractivity (Wildman–Crippen MR) is 68.8 cm³/mol. The summed E-state index contributed by atoms with van der Waals surface area (Å²) in [6.07, 6.45) is 1.20. The van der Waals surface area contributed by atoms with Gasteiger partial charge in [-0.3, -0.25) is 4.79 Å². The van der Waals surface area contributed by atoms with Crippen LogP contribution < -0.4 is 0 Å². The Kier molecular flexibility index (Phi) is 4.70. The van der Waals surface area contributed by atoms with E-state index >= 15 is 0 Å². The van der Waals surface area contributed by atoms with Crippen molar-refractivity contribution in [3.63, 3.8) is 0 Å². The van der Waals surface area contributed by atoms with Crippen LogP contribution in [0.2, 0.25) is 0 Å². The maximum absolute atomic E-state index is 11.1. The second kappa shape index (κ2) is 5.64. The van der Waals surface area contributed by atoms with E-state index in [1.807, 2.05) is 0 Å². The summed E-state index contributed by atoms with van der Waals surface area (Å²) in [6, 6.07) is 6.85. The third-order valence-electron chi connectivity index (χ3n) is 2.35. The number of aliphatic carboxylic acids is 1. The molecular weight excluding hydrogens is 308 g/mol. The molecule has 0 radical (unpaired) electrons. The lowest BCUT2D eigenvalue weighted by Crippen LogP contribution is -2.16. The van der Waals surface area contributed by atoms with Crippen molar-refractivity contribution >= 4 is 31.7 Å². The molecule has 1 N–H and O–H groups in total. The number of carbonyl (C=O) groups is 1. The Labute approximate surface area is 109 Å². The van der Waals surface area contributed by atoms with Crippen LogP contribution in [0.4, 0.5) is 0 Å². The predicted octanol–water partition coefficient (Wildman–Crippen LogP) is 2.05. The molecule has 1 rings (SSSR count). The number of carboxylic acids is 1. The monoisotopic (exact) mass is 320 g/mol. The fourth-order valence-corrected chi connectivity index (χ4v) is 2.39. The molecule has 1 aromatic carbocycles. The lowest BCUT2D eigenvalue weighted by molar-refractivity contribution is -0.138. The van der Waals surface area contributed by atoms with Crippen molar-refractivity contribution in [2.24, 2.45) is 0 Å². The molecule has 0 heterocycles. The lowest BCUT2D eigenvalue weighted by Gasteiger charge is -2.12. The van der Waals surface area contributed by atoms with E-state index < -0.39 is 21.7 Å². The van der Waals surface area contributed by atoms with E-state index in [4.69, 9.17) is 5.11 Å². The Balaban J connectivity index is 2.87. The molecule has 0 aliphatic rings. The van der Waals surface area contributed by atoms with E-state index in [9.17, 15) is 13.2 Å². The zero-order valence-corrected chi connectivity index (χ0v) is 11.7. The van der Waals surface area contributed by atoms with Crippen LogP contribution in [0, 0.1) is 0 Å². The van der Waals surface area contributed by atoms with Gasteiger partial charge in [0.05, 0.1) is 11.7 Å². The van der Waals surface area contributed by atoms with E-state index in [2.05, 4.69) is 15.9 Å². The minimum atomic E-state index is -3.14. The van der Waals surface area contributed by atoms with Gasteiger partial charge in [-0.1, -0.05) is 28.1 Å². The van der Waals surface area contributed by atoms with Gasteiger partial charge in [-0.25, -0.2) is 8.42 Å². The summed E-state index contributed by atoms with van der Waals surface area (Å²) in [7, 11) is -3.14. The molecular formula is C11H13BrO4S. The minimum Gasteiger partial charge on any atom is -0.481 e. The molecule has 6 heteroatoms. The zero-order chi connectivity index (χ0) is 13.1. The van der Waals surface area contributed by atoms with Crippen molar-refractivity contribution in [3.05, 3.63) is 34.3 Å². The number of sulfone groups is 1. The Morgan fingerprint density at radius 2 is 1.88 bits per heavy atom. The van der Waals surface area contributed by atoms with Gasteiger partial charge in [-0.2, -0.15) is 0 Å². The van der Waals surface area contributed by atoms with Crippen molar-refractivity contribution in [1.82, 2.24) is 0 Å². The lowest BCUT2D eigenvalue weighted by atomic mass is 9.97. The van der Waals surface area contributed by atoms with Crippen LogP contribution in [-0.4, -0.2) is 31.5 Å². The molecule has 0 saturated heterocycles. The average Bonchev–Trinajstić information content (AvgIpc) is 2.18. The molecule has 0 bridgehead atoms. The molecule has 0 saturated carbocycles. The maximum atomic E-state index is 11.1. The van der Waals surface area contributed by atoms with Crippen molar-refractivity contribution in [2.45, 2.75) is 12.3 Å². The van der Waals surface area contributed by atoms with Gasteiger partial charge in [-0.15, -0.1) is 0 Å². The molecule has 0 spiro atoms. The number of carboxylic acid groups (broad SMARTS) is 1. The molecule has 0 aliphatic heterocycles. The Bertz CT molecular complexity index is 493. The van der Waals surface area contributed by atoms with Gasteiger partial charge < -0.3 is 5.11 Å². The van der Waals surface area contributed by atoms with Crippen LogP contribution in [0.3, 0.4) is 0 Å². The van der Waals surface area contributed by atoms with Gasteiger partial charge >= 0.3 is 5.97 Å². The zero-order valence-electron chi connectivity index (χ0n) is 9.26. The van der Waals surface area contributed by atoms with E-state index in [-0.39, 0.29) is 12.2 Å². The Hall–Kier alpha value is -0.880. The van der Waals surface area contributed by atoms with Crippen LogP contribution >= 0.6 is 15.9 Å². The molecule has 4 nitrogen and oxygen atoms in total. The van der Waals surface area contributed by atoms with Gasteiger partial charge in [0, 0.05) is 10.7 Å². The maximum Gasteiger partial charge on any atom is 0.311 e. The summed E-state index contributed by atoms with van der Waals surface area (Å²) in [4.78, 5) is 11.1. The third-order valence-corrected chi connectivity index (χ3v) is 3.85. The van der Waals surface area contributed by atoms with Crippen LogP contribution in [0.25, 0.3) is 0 Å². The van der Waals surface area contributed by atoms with E-state index in [0.717, 1.165) is 10.7 Å². The summed E-state index contributed by atoms with van der Waals surface area (Å²) in [5, 5.41) is 9.09. The molecule has 94 valence electrons. The average molecular weight is 321 g/mol. The Morgan fingerprint density at radius 3 is 2.29 bits per heavy atom. The summed E-state index contributed by atoms with van der Waals surface area (Å²) >= 11 is 3.26. The molecule has 0 aliphatic carbocycles. The SMILES string of the molecule is CS(=O)(=O)CCC(C(=O)O)c1ccc(Br)cc1. The largest absolute Gasteiger partial charge is 0.481 e. The van der Waals surface area contributed by atoms with Crippen LogP contribution in [0.5, 0.6) is 0 Å². The highest BCUT2D eigenvalue weighted by molar-refractivity contribution is 9.10. The first kappa shape index (κ1) is 14.2. The number of hydrogen-bond acceptors (Lipinski definition) is 3. The summed E-state index contributed by atoms with van der Waals surface area (Å²) in [5.74, 6) is -1.91. The number of rotatable bonds is 5. The smallest absolute Gasteiger partial charge is 0.311 e. The van der Waals surface area contributed by atoms with Crippen LogP contribution in [-0.2, 0) is 14.6 Å². The standard InChI is InChI=1S/C11H13BrO4S/c1-17(15,16)7-6-10(11(13)14)8-2-4-9(12)5-3-8/h2-5,10H,6-7H2,1H3,(H,13,14). The second-order valence-corrected chi connectivity index (χ2v) is 7.04. The van der Waals surface area contributed by atoms with Gasteiger partial charge in [0.1, 0.15) is 9.84 Å². The first-order chi connectivity index (χ1) is 7.79. The van der Waals surface area contributed by atoms with Gasteiger partial charge in [-0.05, 0) is 24.1 Å². The molecule has 0 fully saturated rings. The quantitative estimate of drug-likeness (QED) is 0.901. The minimum absolute atomic E-state index is 0.0931. The summed E-state index contributed by atoms with van der Waals surface area (Å²) in [5.41, 5.74) is 0.615. The van der Waals surface area contributed by atoms with E-state index in [1.54, 1.807) is 24.3 Å². The number of halogens is 1.